The molecule has 0 N–H and O–H groups in total. The van der Waals surface area contributed by atoms with E-state index in [1.54, 1.807) is 0 Å². The molecule has 1 spiro atoms. The van der Waals surface area contributed by atoms with E-state index in [0.717, 1.165) is 19.1 Å². The lowest BCUT2D eigenvalue weighted by Crippen LogP contribution is -2.35. The van der Waals surface area contributed by atoms with E-state index in [2.05, 4.69) is 6.92 Å². The number of rotatable bonds is 0. The zero-order valence-electron chi connectivity index (χ0n) is 6.02. The molecule has 2 aliphatic rings. The fourth-order valence-electron chi connectivity index (χ4n) is 2.03. The van der Waals surface area contributed by atoms with Gasteiger partial charge >= 0.3 is 0 Å². The van der Waals surface area contributed by atoms with Crippen LogP contribution >= 0.6 is 0 Å². The van der Waals surface area contributed by atoms with Crippen LogP contribution in [0.2, 0.25) is 0 Å². The Labute approximate surface area is 56.4 Å². The molecule has 0 aromatic rings. The summed E-state index contributed by atoms with van der Waals surface area (Å²) in [4.78, 5) is 0. The minimum absolute atomic E-state index is 0.653. The van der Waals surface area contributed by atoms with Gasteiger partial charge in [0.25, 0.3) is 0 Å². The van der Waals surface area contributed by atoms with Crippen molar-refractivity contribution in [2.45, 2.75) is 26.2 Å². The molecule has 1 aliphatic carbocycles. The normalized spacial score (nSPS) is 39.0. The van der Waals surface area contributed by atoms with Crippen molar-refractivity contribution < 1.29 is 4.74 Å². The highest BCUT2D eigenvalue weighted by Gasteiger charge is 2.45. The van der Waals surface area contributed by atoms with Crippen LogP contribution in [0.1, 0.15) is 26.2 Å². The standard InChI is InChI=1S/C8H14O/c1-7-5-9-6-8(7)3-2-4-8/h7H,2-6H2,1H3. The molecule has 1 atom stereocenters. The molecule has 1 unspecified atom stereocenters. The Morgan fingerprint density at radius 1 is 1.44 bits per heavy atom. The Bertz CT molecular complexity index is 116. The van der Waals surface area contributed by atoms with Gasteiger partial charge in [-0.05, 0) is 24.2 Å². The highest BCUT2D eigenvalue weighted by Crippen LogP contribution is 2.50. The van der Waals surface area contributed by atoms with E-state index in [0.29, 0.717) is 5.41 Å². The first-order valence-electron chi connectivity index (χ1n) is 3.91. The largest absolute Gasteiger partial charge is 0.381 e. The van der Waals surface area contributed by atoms with Gasteiger partial charge in [0.1, 0.15) is 0 Å². The molecule has 0 bridgehead atoms. The van der Waals surface area contributed by atoms with Crippen LogP contribution in [-0.2, 0) is 4.74 Å². The van der Waals surface area contributed by atoms with Gasteiger partial charge in [-0.25, -0.2) is 0 Å². The molecule has 1 nitrogen and oxygen atoms in total. The van der Waals surface area contributed by atoms with Gasteiger partial charge in [-0.3, -0.25) is 0 Å². The molecular weight excluding hydrogens is 112 g/mol. The lowest BCUT2D eigenvalue weighted by Gasteiger charge is -2.40. The van der Waals surface area contributed by atoms with Crippen molar-refractivity contribution in [1.82, 2.24) is 0 Å². The Kier molecular flexibility index (Phi) is 1.10. The summed E-state index contributed by atoms with van der Waals surface area (Å²) in [5, 5.41) is 0. The Morgan fingerprint density at radius 2 is 2.22 bits per heavy atom. The lowest BCUT2D eigenvalue weighted by atomic mass is 9.63. The molecule has 0 aromatic heterocycles. The average Bonchev–Trinajstić information content (AvgIpc) is 2.07. The maximum absolute atomic E-state index is 5.41. The molecule has 1 heteroatoms. The van der Waals surface area contributed by atoms with Crippen LogP contribution in [0.25, 0.3) is 0 Å². The molecule has 52 valence electrons. The Morgan fingerprint density at radius 3 is 2.44 bits per heavy atom. The summed E-state index contributed by atoms with van der Waals surface area (Å²) < 4.78 is 5.41. The molecule has 0 amide bonds. The molecule has 0 radical (unpaired) electrons. The van der Waals surface area contributed by atoms with Crippen molar-refractivity contribution in [3.8, 4) is 0 Å². The second kappa shape index (κ2) is 1.72. The van der Waals surface area contributed by atoms with E-state index in [9.17, 15) is 0 Å². The van der Waals surface area contributed by atoms with Gasteiger partial charge < -0.3 is 4.74 Å². The molecule has 0 aromatic carbocycles. The summed E-state index contributed by atoms with van der Waals surface area (Å²) in [6.07, 6.45) is 4.29. The van der Waals surface area contributed by atoms with E-state index in [1.165, 1.54) is 19.3 Å². The topological polar surface area (TPSA) is 9.23 Å². The van der Waals surface area contributed by atoms with Crippen LogP contribution < -0.4 is 0 Å². The van der Waals surface area contributed by atoms with Crippen molar-refractivity contribution in [1.29, 1.82) is 0 Å². The van der Waals surface area contributed by atoms with Crippen LogP contribution in [-0.4, -0.2) is 13.2 Å². The first-order valence-corrected chi connectivity index (χ1v) is 3.91. The van der Waals surface area contributed by atoms with E-state index < -0.39 is 0 Å². The van der Waals surface area contributed by atoms with Gasteiger partial charge in [0.05, 0.1) is 6.61 Å². The summed E-state index contributed by atoms with van der Waals surface area (Å²) in [7, 11) is 0. The van der Waals surface area contributed by atoms with Crippen LogP contribution in [0.3, 0.4) is 0 Å². The third-order valence-corrected chi connectivity index (χ3v) is 3.15. The van der Waals surface area contributed by atoms with Gasteiger partial charge in [0.15, 0.2) is 0 Å². The molecule has 9 heavy (non-hydrogen) atoms. The monoisotopic (exact) mass is 126 g/mol. The second-order valence-electron chi connectivity index (χ2n) is 3.63. The third-order valence-electron chi connectivity index (χ3n) is 3.15. The van der Waals surface area contributed by atoms with Crippen LogP contribution in [0, 0.1) is 11.3 Å². The molecule has 1 saturated heterocycles. The highest BCUT2D eigenvalue weighted by atomic mass is 16.5. The van der Waals surface area contributed by atoms with Crippen molar-refractivity contribution >= 4 is 0 Å². The molecule has 2 fully saturated rings. The van der Waals surface area contributed by atoms with Gasteiger partial charge in [-0.1, -0.05) is 13.3 Å². The van der Waals surface area contributed by atoms with E-state index >= 15 is 0 Å². The zero-order chi connectivity index (χ0) is 6.32. The zero-order valence-corrected chi connectivity index (χ0v) is 6.02. The van der Waals surface area contributed by atoms with Gasteiger partial charge in [0, 0.05) is 6.61 Å². The molecule has 2 rings (SSSR count). The SMILES string of the molecule is CC1COCC12CCC2. The maximum atomic E-state index is 5.41. The van der Waals surface area contributed by atoms with Crippen molar-refractivity contribution in [2.24, 2.45) is 11.3 Å². The second-order valence-corrected chi connectivity index (χ2v) is 3.63. The summed E-state index contributed by atoms with van der Waals surface area (Å²) in [6, 6.07) is 0. The Hall–Kier alpha value is -0.0400. The number of hydrogen-bond acceptors (Lipinski definition) is 1. The van der Waals surface area contributed by atoms with E-state index in [1.807, 2.05) is 0 Å². The predicted octanol–water partition coefficient (Wildman–Crippen LogP) is 1.82. The smallest absolute Gasteiger partial charge is 0.0525 e. The summed E-state index contributed by atoms with van der Waals surface area (Å²) >= 11 is 0. The average molecular weight is 126 g/mol. The van der Waals surface area contributed by atoms with Crippen LogP contribution in [0.4, 0.5) is 0 Å². The van der Waals surface area contributed by atoms with Crippen molar-refractivity contribution in [2.75, 3.05) is 13.2 Å². The van der Waals surface area contributed by atoms with E-state index in [4.69, 9.17) is 4.74 Å². The quantitative estimate of drug-likeness (QED) is 0.481. The number of hydrogen-bond donors (Lipinski definition) is 0. The molecule has 1 heterocycles. The summed E-state index contributed by atoms with van der Waals surface area (Å²) in [5.41, 5.74) is 0.653. The van der Waals surface area contributed by atoms with E-state index in [-0.39, 0.29) is 0 Å². The Balaban J connectivity index is 2.09. The molecular formula is C8H14O. The first kappa shape index (κ1) is 5.72. The van der Waals surface area contributed by atoms with Gasteiger partial charge in [0.2, 0.25) is 0 Å². The van der Waals surface area contributed by atoms with Crippen molar-refractivity contribution in [3.63, 3.8) is 0 Å². The van der Waals surface area contributed by atoms with Crippen LogP contribution in [0.15, 0.2) is 0 Å². The molecule has 1 aliphatic heterocycles. The van der Waals surface area contributed by atoms with Gasteiger partial charge in [-0.15, -0.1) is 0 Å². The van der Waals surface area contributed by atoms with Crippen molar-refractivity contribution in [3.05, 3.63) is 0 Å². The number of ether oxygens (including phenoxy) is 1. The maximum Gasteiger partial charge on any atom is 0.0525 e. The van der Waals surface area contributed by atoms with Gasteiger partial charge in [-0.2, -0.15) is 0 Å². The highest BCUT2D eigenvalue weighted by molar-refractivity contribution is 4.94. The molecule has 1 saturated carbocycles. The minimum Gasteiger partial charge on any atom is -0.381 e. The minimum atomic E-state index is 0.653. The summed E-state index contributed by atoms with van der Waals surface area (Å²) in [5.74, 6) is 0.839. The third kappa shape index (κ3) is 0.644. The summed E-state index contributed by atoms with van der Waals surface area (Å²) in [6.45, 7) is 4.39. The fraction of sp³-hybridized carbons (Fsp3) is 1.00. The predicted molar refractivity (Wildman–Crippen MR) is 36.3 cm³/mol. The van der Waals surface area contributed by atoms with Crippen LogP contribution in [0.5, 0.6) is 0 Å². The fourth-order valence-corrected chi connectivity index (χ4v) is 2.03. The first-order chi connectivity index (χ1) is 4.33. The lowest BCUT2D eigenvalue weighted by molar-refractivity contribution is 0.0750.